The molecule has 0 bridgehead atoms. The third kappa shape index (κ3) is 1.80. The molecule has 14 heavy (non-hydrogen) atoms. The fourth-order valence-corrected chi connectivity index (χ4v) is 1.63. The lowest BCUT2D eigenvalue weighted by molar-refractivity contribution is 0.123. The van der Waals surface area contributed by atoms with E-state index in [9.17, 15) is 0 Å². The standard InChI is InChI=1S/C10H15N3O/c1-8-6-10(9(11)7-12-8)13-2-4-14-5-3-13/h6-7H,2-5,11H2,1H3. The highest BCUT2D eigenvalue weighted by atomic mass is 16.5. The number of nitrogen functional groups attached to an aromatic ring is 1. The van der Waals surface area contributed by atoms with Gasteiger partial charge in [-0.2, -0.15) is 0 Å². The number of rotatable bonds is 1. The van der Waals surface area contributed by atoms with Crippen LogP contribution in [0.2, 0.25) is 0 Å². The molecule has 0 amide bonds. The molecule has 4 nitrogen and oxygen atoms in total. The van der Waals surface area contributed by atoms with Gasteiger partial charge in [-0.15, -0.1) is 0 Å². The molecule has 1 aliphatic heterocycles. The average Bonchev–Trinajstić information content (AvgIpc) is 2.23. The average molecular weight is 193 g/mol. The first-order chi connectivity index (χ1) is 6.77. The van der Waals surface area contributed by atoms with Gasteiger partial charge in [0.25, 0.3) is 0 Å². The Hall–Kier alpha value is -1.29. The van der Waals surface area contributed by atoms with Gasteiger partial charge < -0.3 is 15.4 Å². The third-order valence-electron chi connectivity index (χ3n) is 2.40. The molecule has 76 valence electrons. The Bertz CT molecular complexity index is 321. The molecular formula is C10H15N3O. The zero-order valence-electron chi connectivity index (χ0n) is 8.36. The molecule has 1 fully saturated rings. The summed E-state index contributed by atoms with van der Waals surface area (Å²) in [6, 6.07) is 2.03. The normalized spacial score (nSPS) is 17.1. The van der Waals surface area contributed by atoms with E-state index in [2.05, 4.69) is 9.88 Å². The highest BCUT2D eigenvalue weighted by Gasteiger charge is 2.13. The molecule has 1 aromatic rings. The molecule has 2 heterocycles. The van der Waals surface area contributed by atoms with Crippen LogP contribution in [0.5, 0.6) is 0 Å². The van der Waals surface area contributed by atoms with Gasteiger partial charge in [0.2, 0.25) is 0 Å². The van der Waals surface area contributed by atoms with E-state index in [-0.39, 0.29) is 0 Å². The number of aromatic nitrogens is 1. The van der Waals surface area contributed by atoms with Crippen LogP contribution in [-0.2, 0) is 4.74 Å². The van der Waals surface area contributed by atoms with E-state index in [1.54, 1.807) is 6.20 Å². The molecule has 2 N–H and O–H groups in total. The van der Waals surface area contributed by atoms with Gasteiger partial charge in [-0.25, -0.2) is 0 Å². The summed E-state index contributed by atoms with van der Waals surface area (Å²) in [6.45, 7) is 5.35. The lowest BCUT2D eigenvalue weighted by Gasteiger charge is -2.29. The van der Waals surface area contributed by atoms with Gasteiger partial charge >= 0.3 is 0 Å². The Balaban J connectivity index is 2.24. The number of nitrogens with two attached hydrogens (primary N) is 1. The molecule has 1 aliphatic rings. The van der Waals surface area contributed by atoms with E-state index < -0.39 is 0 Å². The van der Waals surface area contributed by atoms with Gasteiger partial charge in [0, 0.05) is 18.8 Å². The minimum atomic E-state index is 0.748. The highest BCUT2D eigenvalue weighted by molar-refractivity contribution is 5.66. The Morgan fingerprint density at radius 1 is 1.43 bits per heavy atom. The second-order valence-electron chi connectivity index (χ2n) is 3.48. The Kier molecular flexibility index (Phi) is 2.54. The molecular weight excluding hydrogens is 178 g/mol. The van der Waals surface area contributed by atoms with Crippen LogP contribution in [0.4, 0.5) is 11.4 Å². The number of ether oxygens (including phenoxy) is 1. The van der Waals surface area contributed by atoms with Crippen LogP contribution in [0.1, 0.15) is 5.69 Å². The number of morpholine rings is 1. The summed E-state index contributed by atoms with van der Waals surface area (Å²) in [7, 11) is 0. The smallest absolute Gasteiger partial charge is 0.0738 e. The van der Waals surface area contributed by atoms with E-state index in [1.165, 1.54) is 0 Å². The predicted molar refractivity (Wildman–Crippen MR) is 56.4 cm³/mol. The Labute approximate surface area is 83.7 Å². The molecule has 0 aromatic carbocycles. The summed E-state index contributed by atoms with van der Waals surface area (Å²) in [5.41, 5.74) is 8.71. The maximum Gasteiger partial charge on any atom is 0.0738 e. The van der Waals surface area contributed by atoms with Gasteiger partial charge in [0.05, 0.1) is 30.8 Å². The number of aryl methyl sites for hydroxylation is 1. The largest absolute Gasteiger partial charge is 0.396 e. The van der Waals surface area contributed by atoms with Gasteiger partial charge in [0.1, 0.15) is 0 Å². The number of pyridine rings is 1. The topological polar surface area (TPSA) is 51.4 Å². The first-order valence-corrected chi connectivity index (χ1v) is 4.82. The van der Waals surface area contributed by atoms with Crippen molar-refractivity contribution in [3.05, 3.63) is 18.0 Å². The molecule has 0 atom stereocenters. The monoisotopic (exact) mass is 193 g/mol. The van der Waals surface area contributed by atoms with Gasteiger partial charge in [-0.05, 0) is 13.0 Å². The second-order valence-corrected chi connectivity index (χ2v) is 3.48. The summed E-state index contributed by atoms with van der Waals surface area (Å²) >= 11 is 0. The van der Waals surface area contributed by atoms with Gasteiger partial charge in [-0.1, -0.05) is 0 Å². The van der Waals surface area contributed by atoms with Crippen LogP contribution in [0.15, 0.2) is 12.3 Å². The maximum absolute atomic E-state index is 5.88. The third-order valence-corrected chi connectivity index (χ3v) is 2.40. The first kappa shape index (κ1) is 9.27. The number of anilines is 2. The molecule has 0 saturated carbocycles. The van der Waals surface area contributed by atoms with Crippen molar-refractivity contribution in [3.63, 3.8) is 0 Å². The summed E-state index contributed by atoms with van der Waals surface area (Å²) < 4.78 is 5.29. The molecule has 2 rings (SSSR count). The Morgan fingerprint density at radius 3 is 2.86 bits per heavy atom. The van der Waals surface area contributed by atoms with Crippen LogP contribution in [-0.4, -0.2) is 31.3 Å². The van der Waals surface area contributed by atoms with Crippen LogP contribution < -0.4 is 10.6 Å². The molecule has 0 aliphatic carbocycles. The maximum atomic E-state index is 5.88. The van der Waals surface area contributed by atoms with E-state index in [4.69, 9.17) is 10.5 Å². The van der Waals surface area contributed by atoms with E-state index >= 15 is 0 Å². The van der Waals surface area contributed by atoms with Crippen LogP contribution in [0.3, 0.4) is 0 Å². The fourth-order valence-electron chi connectivity index (χ4n) is 1.63. The van der Waals surface area contributed by atoms with Crippen LogP contribution >= 0.6 is 0 Å². The SMILES string of the molecule is Cc1cc(N2CCOCC2)c(N)cn1. The van der Waals surface area contributed by atoms with Crippen molar-refractivity contribution in [2.75, 3.05) is 36.9 Å². The van der Waals surface area contributed by atoms with Crippen molar-refractivity contribution >= 4 is 11.4 Å². The minimum absolute atomic E-state index is 0.748. The predicted octanol–water partition coefficient (Wildman–Crippen LogP) is 0.809. The van der Waals surface area contributed by atoms with Crippen LogP contribution in [0.25, 0.3) is 0 Å². The van der Waals surface area contributed by atoms with E-state index in [0.717, 1.165) is 43.4 Å². The molecule has 4 heteroatoms. The molecule has 0 radical (unpaired) electrons. The molecule has 1 aromatic heterocycles. The summed E-state index contributed by atoms with van der Waals surface area (Å²) in [6.07, 6.45) is 1.72. The van der Waals surface area contributed by atoms with Crippen molar-refractivity contribution in [1.29, 1.82) is 0 Å². The zero-order chi connectivity index (χ0) is 9.97. The van der Waals surface area contributed by atoms with E-state index in [1.807, 2.05) is 13.0 Å². The first-order valence-electron chi connectivity index (χ1n) is 4.82. The van der Waals surface area contributed by atoms with Gasteiger partial charge in [-0.3, -0.25) is 4.98 Å². The van der Waals surface area contributed by atoms with Crippen LogP contribution in [0, 0.1) is 6.92 Å². The summed E-state index contributed by atoms with van der Waals surface area (Å²) in [4.78, 5) is 6.39. The van der Waals surface area contributed by atoms with Crippen molar-refractivity contribution in [3.8, 4) is 0 Å². The van der Waals surface area contributed by atoms with Gasteiger partial charge in [0.15, 0.2) is 0 Å². The lowest BCUT2D eigenvalue weighted by atomic mass is 10.2. The number of hydrogen-bond acceptors (Lipinski definition) is 4. The molecule has 0 unspecified atom stereocenters. The minimum Gasteiger partial charge on any atom is -0.396 e. The van der Waals surface area contributed by atoms with Crippen molar-refractivity contribution < 1.29 is 4.74 Å². The zero-order valence-corrected chi connectivity index (χ0v) is 8.36. The van der Waals surface area contributed by atoms with E-state index in [0.29, 0.717) is 0 Å². The number of nitrogens with zero attached hydrogens (tertiary/aromatic N) is 2. The number of hydrogen-bond donors (Lipinski definition) is 1. The quantitative estimate of drug-likeness (QED) is 0.717. The Morgan fingerprint density at radius 2 is 2.14 bits per heavy atom. The molecule has 0 spiro atoms. The highest BCUT2D eigenvalue weighted by Crippen LogP contribution is 2.23. The molecule has 1 saturated heterocycles. The van der Waals surface area contributed by atoms with Crippen molar-refractivity contribution in [2.24, 2.45) is 0 Å². The second kappa shape index (κ2) is 3.84. The van der Waals surface area contributed by atoms with Crippen molar-refractivity contribution in [2.45, 2.75) is 6.92 Å². The summed E-state index contributed by atoms with van der Waals surface area (Å²) in [5, 5.41) is 0. The van der Waals surface area contributed by atoms with Crippen molar-refractivity contribution in [1.82, 2.24) is 4.98 Å². The summed E-state index contributed by atoms with van der Waals surface area (Å²) in [5.74, 6) is 0. The fraction of sp³-hybridized carbons (Fsp3) is 0.500. The lowest BCUT2D eigenvalue weighted by Crippen LogP contribution is -2.36.